The number of benzene rings is 2. The SMILES string of the molecule is C#C.C#C.C#C.C=CC.CC1(C)C(c2ccc(C(=O)O)cc2)=CC[C@@]2(C)C1CC[C@]1(C)C2CC[C@@H]2C3CCC[C@]3(NC(=O)CNc3ccc(F)cc3)CC[C@]21C. The van der Waals surface area contributed by atoms with Gasteiger partial charge in [0.1, 0.15) is 5.82 Å². The van der Waals surface area contributed by atoms with Crippen LogP contribution in [0.2, 0.25) is 0 Å². The van der Waals surface area contributed by atoms with Crippen LogP contribution in [0.3, 0.4) is 0 Å². The summed E-state index contributed by atoms with van der Waals surface area (Å²) in [4.78, 5) is 24.9. The molecule has 4 saturated carbocycles. The molecule has 6 heteroatoms. The van der Waals surface area contributed by atoms with Crippen LogP contribution in [0.4, 0.5) is 10.1 Å². The summed E-state index contributed by atoms with van der Waals surface area (Å²) in [6.07, 6.45) is 39.9. The summed E-state index contributed by atoms with van der Waals surface area (Å²) in [6.45, 7) is 18.2. The first kappa shape index (κ1) is 45.7. The molecule has 0 aromatic heterocycles. The Morgan fingerprint density at radius 3 is 2.00 bits per heavy atom. The van der Waals surface area contributed by atoms with Gasteiger partial charge < -0.3 is 15.7 Å². The van der Waals surface area contributed by atoms with Gasteiger partial charge >= 0.3 is 5.97 Å². The smallest absolute Gasteiger partial charge is 0.335 e. The molecule has 0 heterocycles. The number of amides is 1. The molecule has 5 aliphatic carbocycles. The number of aromatic carboxylic acids is 1. The highest BCUT2D eigenvalue weighted by Gasteiger charge is 2.69. The minimum Gasteiger partial charge on any atom is -0.478 e. The van der Waals surface area contributed by atoms with E-state index >= 15 is 0 Å². The summed E-state index contributed by atoms with van der Waals surface area (Å²) in [5.41, 5.74) is 4.20. The van der Waals surface area contributed by atoms with E-state index in [9.17, 15) is 19.1 Å². The standard InChI is InChI=1S/C41H53FN2O3.C3H6.3C2H2/c1-37(2)30(26-8-10-27(11-9-26)36(46)47)18-21-38(3)33(37)19-22-40(5)34(38)17-16-31-32-7-6-20-41(32,24-23-39(31,40)4)44-35(45)25-43-29-14-12-28(42)13-15-29;1-3-2;3*1-2/h8-15,18,31-34,43H,6-7,16-17,19-25H2,1-5H3,(H,44,45)(H,46,47);3H,1H2,2H3;3*1-2H/t31-,32?,33?,34?,38+,39-,40-,41+;;;;/m1..../s1. The van der Waals surface area contributed by atoms with Crippen LogP contribution in [0, 0.1) is 89.7 Å². The number of halogens is 1. The summed E-state index contributed by atoms with van der Waals surface area (Å²) in [5.74, 6) is 1.22. The molecule has 0 bridgehead atoms. The molecule has 2 aromatic rings. The molecule has 5 aliphatic rings. The Labute approximate surface area is 337 Å². The summed E-state index contributed by atoms with van der Waals surface area (Å²) >= 11 is 0. The number of rotatable bonds is 6. The zero-order valence-electron chi connectivity index (χ0n) is 34.7. The van der Waals surface area contributed by atoms with Gasteiger partial charge in [0.2, 0.25) is 5.91 Å². The van der Waals surface area contributed by atoms with Gasteiger partial charge in [-0.25, -0.2) is 9.18 Å². The number of anilines is 1. The fraction of sp³-hybridized carbons (Fsp3) is 0.520. The molecular weight excluding hydrogens is 696 g/mol. The van der Waals surface area contributed by atoms with Crippen molar-refractivity contribution in [2.45, 2.75) is 111 Å². The molecule has 8 atom stereocenters. The van der Waals surface area contributed by atoms with Crippen LogP contribution in [-0.2, 0) is 4.79 Å². The van der Waals surface area contributed by atoms with Gasteiger partial charge in [0, 0.05) is 11.2 Å². The summed E-state index contributed by atoms with van der Waals surface area (Å²) in [7, 11) is 0. The summed E-state index contributed by atoms with van der Waals surface area (Å²) < 4.78 is 13.4. The zero-order valence-corrected chi connectivity index (χ0v) is 34.7. The van der Waals surface area contributed by atoms with Gasteiger partial charge in [0.05, 0.1) is 12.1 Å². The molecule has 3 N–H and O–H groups in total. The minimum absolute atomic E-state index is 0.00375. The summed E-state index contributed by atoms with van der Waals surface area (Å²) in [6, 6.07) is 13.7. The van der Waals surface area contributed by atoms with E-state index in [1.807, 2.05) is 19.1 Å². The second-order valence-electron chi connectivity index (χ2n) is 17.6. The van der Waals surface area contributed by atoms with Crippen molar-refractivity contribution in [3.05, 3.63) is 84.2 Å². The highest BCUT2D eigenvalue weighted by atomic mass is 19.1. The van der Waals surface area contributed by atoms with E-state index in [1.165, 1.54) is 56.2 Å². The number of nitrogens with one attached hydrogen (secondary N) is 2. The topological polar surface area (TPSA) is 78.4 Å². The first-order valence-corrected chi connectivity index (χ1v) is 20.1. The van der Waals surface area contributed by atoms with Crippen LogP contribution >= 0.6 is 0 Å². The second kappa shape index (κ2) is 18.5. The molecule has 5 nitrogen and oxygen atoms in total. The zero-order chi connectivity index (χ0) is 42.1. The van der Waals surface area contributed by atoms with Gasteiger partial charge in [-0.3, -0.25) is 4.79 Å². The number of allylic oxidation sites excluding steroid dienone is 3. The number of carbonyl (C=O) groups excluding carboxylic acids is 1. The van der Waals surface area contributed by atoms with Crippen molar-refractivity contribution < 1.29 is 19.1 Å². The minimum atomic E-state index is -0.879. The predicted octanol–water partition coefficient (Wildman–Crippen LogP) is 11.3. The third-order valence-electron chi connectivity index (χ3n) is 15.1. The van der Waals surface area contributed by atoms with Crippen molar-refractivity contribution >= 4 is 23.1 Å². The third kappa shape index (κ3) is 8.07. The van der Waals surface area contributed by atoms with Crippen LogP contribution in [0.15, 0.2) is 67.3 Å². The highest BCUT2D eigenvalue weighted by Crippen LogP contribution is 2.76. The van der Waals surface area contributed by atoms with Gasteiger partial charge in [-0.15, -0.1) is 45.1 Å². The molecule has 0 saturated heterocycles. The van der Waals surface area contributed by atoms with Crippen molar-refractivity contribution in [2.24, 2.45) is 45.3 Å². The van der Waals surface area contributed by atoms with Gasteiger partial charge in [-0.05, 0) is 158 Å². The Kier molecular flexibility index (Phi) is 15.1. The average molecular weight is 761 g/mol. The molecule has 0 spiro atoms. The average Bonchev–Trinajstić information content (AvgIpc) is 3.61. The van der Waals surface area contributed by atoms with Gasteiger partial charge in [-0.1, -0.05) is 65.3 Å². The lowest BCUT2D eigenvalue weighted by Gasteiger charge is -2.72. The van der Waals surface area contributed by atoms with E-state index in [2.05, 4.69) is 96.4 Å². The maximum Gasteiger partial charge on any atom is 0.335 e. The fourth-order valence-electron chi connectivity index (χ4n) is 12.7. The first-order valence-electron chi connectivity index (χ1n) is 20.1. The van der Waals surface area contributed by atoms with Crippen LogP contribution in [0.1, 0.15) is 122 Å². The van der Waals surface area contributed by atoms with Gasteiger partial charge in [0.25, 0.3) is 0 Å². The van der Waals surface area contributed by atoms with Crippen molar-refractivity contribution in [1.29, 1.82) is 0 Å². The Bertz CT molecular complexity index is 1760. The first-order chi connectivity index (χ1) is 26.6. The molecule has 4 fully saturated rings. The quantitative estimate of drug-likeness (QED) is 0.202. The van der Waals surface area contributed by atoms with Crippen LogP contribution in [-0.4, -0.2) is 29.1 Å². The van der Waals surface area contributed by atoms with E-state index in [-0.39, 0.29) is 45.5 Å². The highest BCUT2D eigenvalue weighted by molar-refractivity contribution is 5.88. The Hall–Kier alpha value is -4.73. The maximum absolute atomic E-state index is 13.4. The van der Waals surface area contributed by atoms with E-state index in [0.717, 1.165) is 36.9 Å². The number of carbonyl (C=O) groups is 2. The molecule has 56 heavy (non-hydrogen) atoms. The normalized spacial score (nSPS) is 32.7. The van der Waals surface area contributed by atoms with Crippen molar-refractivity contribution in [3.63, 3.8) is 0 Å². The number of carboxylic acids is 1. The number of hydrogen-bond acceptors (Lipinski definition) is 3. The predicted molar refractivity (Wildman–Crippen MR) is 231 cm³/mol. The number of carboxylic acid groups (broad SMARTS) is 1. The molecule has 300 valence electrons. The molecule has 1 amide bonds. The van der Waals surface area contributed by atoms with E-state index in [1.54, 1.807) is 30.3 Å². The van der Waals surface area contributed by atoms with Crippen LogP contribution in [0.5, 0.6) is 0 Å². The molecule has 0 aliphatic heterocycles. The van der Waals surface area contributed by atoms with E-state index in [0.29, 0.717) is 29.2 Å². The molecular formula is C50H65FN2O3. The van der Waals surface area contributed by atoms with Gasteiger partial charge in [-0.2, -0.15) is 0 Å². The third-order valence-corrected chi connectivity index (χ3v) is 15.1. The van der Waals surface area contributed by atoms with E-state index in [4.69, 9.17) is 0 Å². The lowest BCUT2D eigenvalue weighted by Crippen LogP contribution is -2.67. The lowest BCUT2D eigenvalue weighted by atomic mass is 9.33. The Morgan fingerprint density at radius 2 is 1.41 bits per heavy atom. The largest absolute Gasteiger partial charge is 0.478 e. The number of terminal acetylenes is 3. The number of fused-ring (bicyclic) bond motifs is 7. The lowest BCUT2D eigenvalue weighted by molar-refractivity contribution is -0.216. The Morgan fingerprint density at radius 1 is 0.804 bits per heavy atom. The van der Waals surface area contributed by atoms with Crippen molar-refractivity contribution in [1.82, 2.24) is 5.32 Å². The van der Waals surface area contributed by atoms with Gasteiger partial charge in [0.15, 0.2) is 0 Å². The monoisotopic (exact) mass is 760 g/mol. The van der Waals surface area contributed by atoms with E-state index < -0.39 is 5.97 Å². The maximum atomic E-state index is 13.4. The fourth-order valence-corrected chi connectivity index (χ4v) is 12.7. The molecule has 3 unspecified atom stereocenters. The summed E-state index contributed by atoms with van der Waals surface area (Å²) in [5, 5.41) is 16.2. The van der Waals surface area contributed by atoms with Crippen LogP contribution in [0.25, 0.3) is 5.57 Å². The molecule has 7 rings (SSSR count). The molecule has 2 aromatic carbocycles. The Balaban J connectivity index is 0.000000867. The molecule has 0 radical (unpaired) electrons. The van der Waals surface area contributed by atoms with Crippen molar-refractivity contribution in [2.75, 3.05) is 11.9 Å². The van der Waals surface area contributed by atoms with Crippen LogP contribution < -0.4 is 10.6 Å². The van der Waals surface area contributed by atoms with Crippen molar-refractivity contribution in [3.8, 4) is 38.5 Å². The number of hydrogen-bond donors (Lipinski definition) is 3. The second-order valence-corrected chi connectivity index (χ2v) is 17.6.